The van der Waals surface area contributed by atoms with E-state index in [0.29, 0.717) is 51.8 Å². The van der Waals surface area contributed by atoms with Crippen molar-refractivity contribution in [2.45, 2.75) is 51.0 Å². The van der Waals surface area contributed by atoms with Gasteiger partial charge in [-0.1, -0.05) is 12.5 Å². The first-order chi connectivity index (χ1) is 21.6. The van der Waals surface area contributed by atoms with Crippen molar-refractivity contribution < 1.29 is 44.7 Å². The van der Waals surface area contributed by atoms with Crippen LogP contribution in [0.1, 0.15) is 56.2 Å². The lowest BCUT2D eigenvalue weighted by Gasteiger charge is -2.36. The highest BCUT2D eigenvalue weighted by Crippen LogP contribution is 2.46. The van der Waals surface area contributed by atoms with Crippen LogP contribution in [0.5, 0.6) is 11.5 Å². The molecule has 4 atom stereocenters. The van der Waals surface area contributed by atoms with Crippen LogP contribution in [0.25, 0.3) is 11.6 Å². The summed E-state index contributed by atoms with van der Waals surface area (Å²) >= 11 is 2.02. The Bertz CT molecular complexity index is 1460. The van der Waals surface area contributed by atoms with Crippen LogP contribution >= 0.6 is 22.6 Å². The molecule has 1 fully saturated rings. The number of aliphatic carboxylic acids is 1. The second-order valence-corrected chi connectivity index (χ2v) is 12.5. The highest BCUT2D eigenvalue weighted by Gasteiger charge is 2.54. The molecule has 0 bridgehead atoms. The number of allylic oxidation sites excluding steroid dienone is 1. The number of phenolic OH excluding ortho intramolecular Hbond substituents is 1. The van der Waals surface area contributed by atoms with E-state index < -0.39 is 48.9 Å². The lowest BCUT2D eigenvalue weighted by Crippen LogP contribution is -2.39. The van der Waals surface area contributed by atoms with Gasteiger partial charge in [-0.3, -0.25) is 24.3 Å². The molecule has 1 aliphatic heterocycles. The molecule has 2 heterocycles. The van der Waals surface area contributed by atoms with Crippen molar-refractivity contribution in [1.82, 2.24) is 9.88 Å². The number of aromatic hydroxyl groups is 1. The van der Waals surface area contributed by atoms with Crippen LogP contribution in [0, 0.1) is 21.3 Å². The summed E-state index contributed by atoms with van der Waals surface area (Å²) in [6, 6.07) is 9.00. The number of fused-ring (bicyclic) bond motifs is 1. The Balaban J connectivity index is 1.56. The second-order valence-electron chi connectivity index (χ2n) is 11.4. The summed E-state index contributed by atoms with van der Waals surface area (Å²) in [5, 5.41) is 51.4. The number of unbranched alkanes of at least 4 members (excludes halogenated alkanes) is 2. The second kappa shape index (κ2) is 15.8. The smallest absolute Gasteiger partial charge is 0.303 e. The Morgan fingerprint density at radius 1 is 1.16 bits per heavy atom. The number of carboxylic acids is 1. The number of phenols is 1. The first-order valence-corrected chi connectivity index (χ1v) is 16.1. The van der Waals surface area contributed by atoms with Gasteiger partial charge in [0, 0.05) is 25.1 Å². The number of imide groups is 1. The third-order valence-corrected chi connectivity index (χ3v) is 9.41. The zero-order chi connectivity index (χ0) is 32.7. The largest absolute Gasteiger partial charge is 0.504 e. The zero-order valence-electron chi connectivity index (χ0n) is 25.1. The van der Waals surface area contributed by atoms with Gasteiger partial charge in [-0.05, 0) is 107 Å². The lowest BCUT2D eigenvalue weighted by molar-refractivity contribution is -0.141. The average Bonchev–Trinajstić information content (AvgIpc) is 3.27. The van der Waals surface area contributed by atoms with Crippen molar-refractivity contribution in [3.05, 3.63) is 62.5 Å². The van der Waals surface area contributed by atoms with Crippen LogP contribution in [0.15, 0.2) is 47.7 Å². The number of carboxylic acid groups (broad SMARTS) is 1. The van der Waals surface area contributed by atoms with Crippen LogP contribution in [0.2, 0.25) is 0 Å². The number of nitrogens with zero attached hydrogens (tertiary/aromatic N) is 2. The number of methoxy groups -OCH3 is 1. The first kappa shape index (κ1) is 34.5. The van der Waals surface area contributed by atoms with Gasteiger partial charge in [-0.2, -0.15) is 0 Å². The summed E-state index contributed by atoms with van der Waals surface area (Å²) in [5.74, 6) is -3.72. The summed E-state index contributed by atoms with van der Waals surface area (Å²) in [6.45, 7) is -0.733. The number of amides is 2. The van der Waals surface area contributed by atoms with Crippen LogP contribution in [-0.4, -0.2) is 86.2 Å². The van der Waals surface area contributed by atoms with E-state index in [1.807, 2.05) is 40.8 Å². The Kier molecular flexibility index (Phi) is 12.1. The summed E-state index contributed by atoms with van der Waals surface area (Å²) < 4.78 is 5.91. The molecule has 0 spiro atoms. The molecule has 0 saturated carbocycles. The van der Waals surface area contributed by atoms with Gasteiger partial charge in [0.2, 0.25) is 11.8 Å². The highest BCUT2D eigenvalue weighted by molar-refractivity contribution is 14.1. The van der Waals surface area contributed by atoms with Gasteiger partial charge in [-0.15, -0.1) is 0 Å². The Labute approximate surface area is 275 Å². The van der Waals surface area contributed by atoms with Gasteiger partial charge in [0.1, 0.15) is 0 Å². The number of rotatable bonds is 15. The fraction of sp³-hybridized carbons (Fsp3) is 0.455. The number of hydrogen-bond donors (Lipinski definition) is 5. The molecule has 45 heavy (non-hydrogen) atoms. The Morgan fingerprint density at radius 2 is 1.93 bits per heavy atom. The van der Waals surface area contributed by atoms with E-state index >= 15 is 0 Å². The van der Waals surface area contributed by atoms with E-state index in [2.05, 4.69) is 4.98 Å². The predicted molar refractivity (Wildman–Crippen MR) is 174 cm³/mol. The number of carbonyl (C=O) groups excluding carboxylic acids is 2. The number of pyridine rings is 1. The van der Waals surface area contributed by atoms with Crippen molar-refractivity contribution >= 4 is 52.0 Å². The molecule has 0 radical (unpaired) electrons. The summed E-state index contributed by atoms with van der Waals surface area (Å²) in [7, 11) is 1.47. The first-order valence-electron chi connectivity index (χ1n) is 15.0. The zero-order valence-corrected chi connectivity index (χ0v) is 27.2. The Morgan fingerprint density at radius 3 is 2.58 bits per heavy atom. The van der Waals surface area contributed by atoms with Crippen LogP contribution in [0.4, 0.5) is 0 Å². The van der Waals surface area contributed by atoms with Gasteiger partial charge in [0.05, 0.1) is 47.5 Å². The number of halogens is 1. The Hall–Kier alpha value is -3.33. The molecule has 12 heteroatoms. The number of aliphatic hydroxyl groups excluding tert-OH is 3. The molecule has 1 aliphatic carbocycles. The molecule has 4 rings (SSSR count). The number of likely N-dealkylation sites (tertiary alicyclic amines) is 1. The topological polar surface area (TPSA) is 178 Å². The predicted octanol–water partition coefficient (Wildman–Crippen LogP) is 3.63. The molecule has 5 N–H and O–H groups in total. The molecular weight excluding hydrogens is 695 g/mol. The van der Waals surface area contributed by atoms with Crippen molar-refractivity contribution in [1.29, 1.82) is 0 Å². The van der Waals surface area contributed by atoms with Crippen LogP contribution < -0.4 is 4.74 Å². The van der Waals surface area contributed by atoms with E-state index in [9.17, 15) is 34.8 Å². The number of aromatic nitrogens is 1. The van der Waals surface area contributed by atoms with Gasteiger partial charge >= 0.3 is 5.97 Å². The summed E-state index contributed by atoms with van der Waals surface area (Å²) in [4.78, 5) is 43.2. The van der Waals surface area contributed by atoms with Crippen LogP contribution in [0.3, 0.4) is 0 Å². The number of benzene rings is 1. The maximum Gasteiger partial charge on any atom is 0.303 e. The van der Waals surface area contributed by atoms with E-state index in [1.165, 1.54) is 12.0 Å². The van der Waals surface area contributed by atoms with E-state index in [4.69, 9.17) is 9.84 Å². The number of carbonyl (C=O) groups is 3. The van der Waals surface area contributed by atoms with Gasteiger partial charge in [0.15, 0.2) is 11.5 Å². The van der Waals surface area contributed by atoms with Gasteiger partial charge in [0.25, 0.3) is 0 Å². The van der Waals surface area contributed by atoms with Crippen molar-refractivity contribution in [3.63, 3.8) is 0 Å². The number of hydrogen-bond acceptors (Lipinski definition) is 9. The highest BCUT2D eigenvalue weighted by atomic mass is 127. The molecule has 2 amide bonds. The molecule has 2 aromatic rings. The fourth-order valence-electron chi connectivity index (χ4n) is 6.42. The third kappa shape index (κ3) is 7.91. The summed E-state index contributed by atoms with van der Waals surface area (Å²) in [6.07, 6.45) is 4.58. The maximum atomic E-state index is 13.5. The normalized spacial score (nSPS) is 20.9. The molecule has 1 aromatic carbocycles. The third-order valence-electron chi connectivity index (χ3n) is 8.59. The number of aliphatic hydroxyl groups is 3. The monoisotopic (exact) mass is 734 g/mol. The molecule has 11 nitrogen and oxygen atoms in total. The fourth-order valence-corrected chi connectivity index (χ4v) is 7.05. The van der Waals surface area contributed by atoms with Gasteiger partial charge < -0.3 is 30.3 Å². The molecule has 242 valence electrons. The minimum Gasteiger partial charge on any atom is -0.504 e. The van der Waals surface area contributed by atoms with Crippen molar-refractivity contribution in [2.75, 3.05) is 26.9 Å². The standard InChI is InChI=1S/C33H39IN2O9/c1-45-27-15-19(14-24(34)31(27)42)13-20(25-7-4-5-11-35-25)9-10-26(39)29-21(17-37)16-22-30(23(29)18-38)33(44)36(32(22)43)12-6-2-3-8-28(40)41/h4-5,7,11,13-15,22-23,26,30,37-39,42H,2-3,6,8-10,12,16-18H2,1H3,(H,40,41)/b20-13-/t22-,23+,26-,30-/m1/s1. The summed E-state index contributed by atoms with van der Waals surface area (Å²) in [5.41, 5.74) is 3.08. The van der Waals surface area contributed by atoms with E-state index in [0.717, 1.165) is 11.1 Å². The number of ether oxygens (including phenoxy) is 1. The van der Waals surface area contributed by atoms with E-state index in [-0.39, 0.29) is 37.5 Å². The SMILES string of the molecule is COc1cc(/C=C(/CC[C@@H](O)C2=C(CO)C[C@H]3C(=O)N(CCCCCC(=O)O)C(=O)[C@H]3[C@H]2CO)c2ccccn2)cc(I)c1O. The molecule has 0 unspecified atom stereocenters. The van der Waals surface area contributed by atoms with Crippen LogP contribution in [-0.2, 0) is 14.4 Å². The average molecular weight is 735 g/mol. The quantitative estimate of drug-likeness (QED) is 0.0786. The molecular formula is C33H39IN2O9. The van der Waals surface area contributed by atoms with E-state index in [1.54, 1.807) is 24.4 Å². The maximum absolute atomic E-state index is 13.5. The molecule has 1 saturated heterocycles. The van der Waals surface area contributed by atoms with Crippen molar-refractivity contribution in [3.8, 4) is 11.5 Å². The molecule has 2 aliphatic rings. The minimum absolute atomic E-state index is 0.0183. The molecule has 1 aromatic heterocycles. The minimum atomic E-state index is -1.11. The van der Waals surface area contributed by atoms with Crippen molar-refractivity contribution in [2.24, 2.45) is 17.8 Å². The van der Waals surface area contributed by atoms with Gasteiger partial charge in [-0.25, -0.2) is 0 Å². The lowest BCUT2D eigenvalue weighted by atomic mass is 9.68.